The zero-order valence-electron chi connectivity index (χ0n) is 15.6. The summed E-state index contributed by atoms with van der Waals surface area (Å²) in [5.41, 5.74) is 1.98. The van der Waals surface area contributed by atoms with Crippen LogP contribution in [0.15, 0.2) is 78.9 Å². The van der Waals surface area contributed by atoms with E-state index < -0.39 is 24.0 Å². The van der Waals surface area contributed by atoms with Crippen molar-refractivity contribution in [3.05, 3.63) is 94.5 Å². The van der Waals surface area contributed by atoms with E-state index in [0.29, 0.717) is 10.7 Å². The van der Waals surface area contributed by atoms with Crippen LogP contribution in [0.3, 0.4) is 0 Å². The van der Waals surface area contributed by atoms with Crippen LogP contribution in [-0.2, 0) is 14.4 Å². The maximum absolute atomic E-state index is 13.5. The molecule has 3 aromatic rings. The van der Waals surface area contributed by atoms with Crippen molar-refractivity contribution in [2.45, 2.75) is 12.1 Å². The molecule has 2 fully saturated rings. The van der Waals surface area contributed by atoms with Gasteiger partial charge in [0.25, 0.3) is 5.91 Å². The number of para-hydroxylation sites is 1. The number of nitrogens with zero attached hydrogens (tertiary/aromatic N) is 2. The van der Waals surface area contributed by atoms with Crippen LogP contribution in [0, 0.1) is 5.92 Å². The van der Waals surface area contributed by atoms with Crippen LogP contribution in [0.1, 0.15) is 11.6 Å². The molecular formula is C23H16Cl2N2O3. The number of carbonyl (C=O) groups is 2. The summed E-state index contributed by atoms with van der Waals surface area (Å²) in [4.78, 5) is 34.0. The number of hydrogen-bond acceptors (Lipinski definition) is 4. The number of benzene rings is 3. The molecule has 7 heteroatoms. The second kappa shape index (κ2) is 7.43. The highest BCUT2D eigenvalue weighted by atomic mass is 35.5. The van der Waals surface area contributed by atoms with Crippen LogP contribution in [0.25, 0.3) is 0 Å². The smallest absolute Gasteiger partial charge is 0.266 e. The molecule has 2 aliphatic heterocycles. The van der Waals surface area contributed by atoms with Gasteiger partial charge in [-0.25, -0.2) is 9.96 Å². The summed E-state index contributed by atoms with van der Waals surface area (Å²) in [6.45, 7) is 0. The minimum atomic E-state index is -0.936. The van der Waals surface area contributed by atoms with Crippen molar-refractivity contribution in [2.24, 2.45) is 5.92 Å². The van der Waals surface area contributed by atoms with Crippen molar-refractivity contribution in [3.63, 3.8) is 0 Å². The van der Waals surface area contributed by atoms with Crippen LogP contribution >= 0.6 is 23.2 Å². The number of hydrogen-bond donors (Lipinski definition) is 0. The molecule has 0 unspecified atom stereocenters. The van der Waals surface area contributed by atoms with Crippen LogP contribution < -0.4 is 9.96 Å². The first kappa shape index (κ1) is 19.1. The standard InChI is InChI=1S/C23H16Cl2N2O3/c24-15-11-12-18(17(25)13-15)26-22(28)19-20(14-7-3-1-4-8-14)27(30-21(19)23(26)29)16-9-5-2-6-10-16/h1-13,19-21H/t19-,20-,21-/m1/s1. The molecule has 2 aliphatic rings. The Morgan fingerprint density at radius 2 is 1.47 bits per heavy atom. The van der Waals surface area contributed by atoms with Gasteiger partial charge in [-0.15, -0.1) is 0 Å². The lowest BCUT2D eigenvalue weighted by molar-refractivity contribution is -0.126. The summed E-state index contributed by atoms with van der Waals surface area (Å²) in [5, 5.41) is 2.33. The van der Waals surface area contributed by atoms with Gasteiger partial charge < -0.3 is 0 Å². The molecule has 0 aliphatic carbocycles. The largest absolute Gasteiger partial charge is 0.273 e. The zero-order valence-corrected chi connectivity index (χ0v) is 17.1. The minimum absolute atomic E-state index is 0.236. The Morgan fingerprint density at radius 3 is 2.13 bits per heavy atom. The fourth-order valence-electron chi connectivity index (χ4n) is 4.10. The molecule has 150 valence electrons. The third-order valence-electron chi connectivity index (χ3n) is 5.42. The summed E-state index contributed by atoms with van der Waals surface area (Å²) in [6.07, 6.45) is -0.936. The van der Waals surface area contributed by atoms with E-state index in [0.717, 1.165) is 16.2 Å². The lowest BCUT2D eigenvalue weighted by atomic mass is 9.90. The summed E-state index contributed by atoms with van der Waals surface area (Å²) in [7, 11) is 0. The van der Waals surface area contributed by atoms with Gasteiger partial charge in [-0.1, -0.05) is 71.7 Å². The van der Waals surface area contributed by atoms with E-state index in [1.165, 1.54) is 6.07 Å². The summed E-state index contributed by atoms with van der Waals surface area (Å²) < 4.78 is 0. The monoisotopic (exact) mass is 438 g/mol. The van der Waals surface area contributed by atoms with E-state index >= 15 is 0 Å². The zero-order chi connectivity index (χ0) is 20.8. The fraction of sp³-hybridized carbons (Fsp3) is 0.130. The number of halogens is 2. The number of amides is 2. The number of imide groups is 1. The van der Waals surface area contributed by atoms with Crippen LogP contribution in [0.5, 0.6) is 0 Å². The van der Waals surface area contributed by atoms with Gasteiger partial charge in [0, 0.05) is 5.02 Å². The van der Waals surface area contributed by atoms with Crippen LogP contribution in [0.2, 0.25) is 10.0 Å². The Hall–Kier alpha value is -2.86. The Bertz CT molecular complexity index is 1120. The lowest BCUT2D eigenvalue weighted by Crippen LogP contribution is -2.37. The van der Waals surface area contributed by atoms with E-state index in [4.69, 9.17) is 28.0 Å². The quantitative estimate of drug-likeness (QED) is 0.537. The molecule has 3 atom stereocenters. The van der Waals surface area contributed by atoms with E-state index in [-0.39, 0.29) is 10.9 Å². The second-order valence-electron chi connectivity index (χ2n) is 7.18. The molecule has 5 rings (SSSR count). The van der Waals surface area contributed by atoms with E-state index in [2.05, 4.69) is 0 Å². The summed E-state index contributed by atoms with van der Waals surface area (Å²) >= 11 is 12.3. The van der Waals surface area contributed by atoms with Gasteiger partial charge in [0.1, 0.15) is 5.92 Å². The molecule has 0 radical (unpaired) electrons. The lowest BCUT2D eigenvalue weighted by Gasteiger charge is -2.28. The molecule has 2 saturated heterocycles. The van der Waals surface area contributed by atoms with Crippen molar-refractivity contribution >= 4 is 46.4 Å². The molecule has 5 nitrogen and oxygen atoms in total. The van der Waals surface area contributed by atoms with Gasteiger partial charge in [0.2, 0.25) is 5.91 Å². The van der Waals surface area contributed by atoms with E-state index in [1.807, 2.05) is 60.7 Å². The average molecular weight is 439 g/mol. The summed E-state index contributed by atoms with van der Waals surface area (Å²) in [5.74, 6) is -1.48. The molecule has 2 amide bonds. The minimum Gasteiger partial charge on any atom is -0.273 e. The predicted molar refractivity (Wildman–Crippen MR) is 115 cm³/mol. The molecule has 0 aromatic heterocycles. The highest BCUT2D eigenvalue weighted by Crippen LogP contribution is 2.48. The van der Waals surface area contributed by atoms with Gasteiger partial charge in [0.15, 0.2) is 6.10 Å². The van der Waals surface area contributed by atoms with Crippen LogP contribution in [-0.4, -0.2) is 17.9 Å². The first-order valence-electron chi connectivity index (χ1n) is 9.45. The maximum Gasteiger partial charge on any atom is 0.266 e. The predicted octanol–water partition coefficient (Wildman–Crippen LogP) is 5.04. The maximum atomic E-state index is 13.5. The average Bonchev–Trinajstić information content (AvgIpc) is 3.26. The number of rotatable bonds is 3. The third-order valence-corrected chi connectivity index (χ3v) is 5.96. The van der Waals surface area contributed by atoms with Gasteiger partial charge in [-0.2, -0.15) is 0 Å². The number of carbonyl (C=O) groups excluding carboxylic acids is 2. The van der Waals surface area contributed by atoms with Crippen molar-refractivity contribution in [2.75, 3.05) is 9.96 Å². The highest BCUT2D eigenvalue weighted by Gasteiger charge is 2.60. The molecule has 2 heterocycles. The Labute approximate surface area is 183 Å². The summed E-state index contributed by atoms with van der Waals surface area (Å²) in [6, 6.07) is 23.3. The van der Waals surface area contributed by atoms with E-state index in [1.54, 1.807) is 17.2 Å². The van der Waals surface area contributed by atoms with Crippen molar-refractivity contribution in [1.82, 2.24) is 0 Å². The third kappa shape index (κ3) is 2.98. The number of anilines is 2. The molecule has 0 spiro atoms. The van der Waals surface area contributed by atoms with Crippen LogP contribution in [0.4, 0.5) is 11.4 Å². The second-order valence-corrected chi connectivity index (χ2v) is 8.02. The van der Waals surface area contributed by atoms with Gasteiger partial charge >= 0.3 is 0 Å². The highest BCUT2D eigenvalue weighted by molar-refractivity contribution is 6.38. The molecule has 0 N–H and O–H groups in total. The Balaban J connectivity index is 1.59. The number of fused-ring (bicyclic) bond motifs is 1. The first-order chi connectivity index (χ1) is 14.6. The fourth-order valence-corrected chi connectivity index (χ4v) is 4.60. The normalized spacial score (nSPS) is 23.2. The SMILES string of the molecule is O=C1[C@@H]2[C@@H](c3ccccc3)N(c3ccccc3)O[C@H]2C(=O)N1c1ccc(Cl)cc1Cl. The van der Waals surface area contributed by atoms with Gasteiger partial charge in [0.05, 0.1) is 22.4 Å². The molecular weight excluding hydrogens is 423 g/mol. The van der Waals surface area contributed by atoms with Crippen molar-refractivity contribution < 1.29 is 14.4 Å². The number of hydroxylamine groups is 1. The van der Waals surface area contributed by atoms with Gasteiger partial charge in [-0.05, 0) is 35.9 Å². The van der Waals surface area contributed by atoms with Crippen molar-refractivity contribution in [1.29, 1.82) is 0 Å². The van der Waals surface area contributed by atoms with E-state index in [9.17, 15) is 9.59 Å². The van der Waals surface area contributed by atoms with Gasteiger partial charge in [-0.3, -0.25) is 14.4 Å². The Kier molecular flexibility index (Phi) is 4.74. The molecule has 30 heavy (non-hydrogen) atoms. The molecule has 3 aromatic carbocycles. The topological polar surface area (TPSA) is 49.9 Å². The van der Waals surface area contributed by atoms with Crippen molar-refractivity contribution in [3.8, 4) is 0 Å². The Morgan fingerprint density at radius 1 is 0.800 bits per heavy atom. The molecule has 0 saturated carbocycles. The molecule has 0 bridgehead atoms. The first-order valence-corrected chi connectivity index (χ1v) is 10.2.